The minimum Gasteiger partial charge on any atom is -0.293 e. The van der Waals surface area contributed by atoms with Gasteiger partial charge in [-0.1, -0.05) is 19.8 Å². The molecule has 0 aromatic carbocycles. The van der Waals surface area contributed by atoms with Crippen LogP contribution in [0.3, 0.4) is 0 Å². The molecule has 0 spiro atoms. The number of hydrogen-bond donors (Lipinski definition) is 0. The molecule has 1 nitrogen and oxygen atoms in total. The predicted molar refractivity (Wildman–Crippen MR) is 67.9 cm³/mol. The summed E-state index contributed by atoms with van der Waals surface area (Å²) >= 11 is 3.81. The SMILES string of the molecule is CC1(C(=O)c2scc(C(F)(F)F)c2Br)CCCC1. The zero-order chi connectivity index (χ0) is 13.6. The Labute approximate surface area is 116 Å². The van der Waals surface area contributed by atoms with Gasteiger partial charge in [-0.05, 0) is 28.8 Å². The fraction of sp³-hybridized carbons (Fsp3) is 0.583. The molecule has 1 aliphatic rings. The molecule has 0 atom stereocenters. The van der Waals surface area contributed by atoms with Crippen molar-refractivity contribution >= 4 is 33.0 Å². The Kier molecular flexibility index (Phi) is 3.62. The first-order chi connectivity index (χ1) is 8.26. The maximum Gasteiger partial charge on any atom is 0.418 e. The normalized spacial score (nSPS) is 19.2. The summed E-state index contributed by atoms with van der Waals surface area (Å²) in [6.45, 7) is 1.85. The first kappa shape index (κ1) is 14.1. The Morgan fingerprint density at radius 3 is 2.39 bits per heavy atom. The fourth-order valence-corrected chi connectivity index (χ4v) is 4.35. The van der Waals surface area contributed by atoms with E-state index in [1.54, 1.807) is 0 Å². The highest BCUT2D eigenvalue weighted by molar-refractivity contribution is 9.10. The summed E-state index contributed by atoms with van der Waals surface area (Å²) in [7, 11) is 0. The van der Waals surface area contributed by atoms with Crippen LogP contribution in [0, 0.1) is 5.41 Å². The molecule has 6 heteroatoms. The van der Waals surface area contributed by atoms with E-state index < -0.39 is 17.2 Å². The standard InChI is InChI=1S/C12H12BrF3OS/c1-11(4-2-3-5-11)10(17)9-8(13)7(6-18-9)12(14,15)16/h6H,2-5H2,1H3. The maximum absolute atomic E-state index is 12.7. The van der Waals surface area contributed by atoms with Gasteiger partial charge in [0.2, 0.25) is 0 Å². The first-order valence-corrected chi connectivity index (χ1v) is 7.32. The zero-order valence-corrected chi connectivity index (χ0v) is 12.1. The van der Waals surface area contributed by atoms with Gasteiger partial charge in [0, 0.05) is 10.8 Å². The summed E-state index contributed by atoms with van der Waals surface area (Å²) in [6.07, 6.45) is -0.950. The number of hydrogen-bond acceptors (Lipinski definition) is 2. The van der Waals surface area contributed by atoms with Crippen LogP contribution >= 0.6 is 27.3 Å². The predicted octanol–water partition coefficient (Wildman–Crippen LogP) is 5.29. The van der Waals surface area contributed by atoms with E-state index in [2.05, 4.69) is 15.9 Å². The molecule has 2 rings (SSSR count). The van der Waals surface area contributed by atoms with Gasteiger partial charge in [0.25, 0.3) is 0 Å². The number of alkyl halides is 3. The lowest BCUT2D eigenvalue weighted by atomic mass is 9.83. The lowest BCUT2D eigenvalue weighted by molar-refractivity contribution is -0.137. The number of Topliss-reactive ketones (excluding diaryl/α,β-unsaturated/α-hetero) is 1. The van der Waals surface area contributed by atoms with E-state index in [-0.39, 0.29) is 15.1 Å². The van der Waals surface area contributed by atoms with E-state index in [9.17, 15) is 18.0 Å². The monoisotopic (exact) mass is 340 g/mol. The minimum absolute atomic E-state index is 0.0990. The molecule has 1 saturated carbocycles. The molecule has 100 valence electrons. The molecular weight excluding hydrogens is 329 g/mol. The van der Waals surface area contributed by atoms with Gasteiger partial charge in [-0.25, -0.2) is 0 Å². The van der Waals surface area contributed by atoms with Crippen LogP contribution in [0.5, 0.6) is 0 Å². The molecule has 1 fully saturated rings. The van der Waals surface area contributed by atoms with Crippen molar-refractivity contribution in [1.82, 2.24) is 0 Å². The fourth-order valence-electron chi connectivity index (χ4n) is 2.34. The second-order valence-electron chi connectivity index (χ2n) is 4.89. The number of carbonyl (C=O) groups is 1. The van der Waals surface area contributed by atoms with E-state index in [1.165, 1.54) is 0 Å². The average Bonchev–Trinajstić information content (AvgIpc) is 2.83. The van der Waals surface area contributed by atoms with Crippen molar-refractivity contribution in [1.29, 1.82) is 0 Å². The molecule has 1 aliphatic carbocycles. The summed E-state index contributed by atoms with van der Waals surface area (Å²) in [6, 6.07) is 0. The third-order valence-corrected chi connectivity index (χ3v) is 5.56. The third kappa shape index (κ3) is 2.37. The van der Waals surface area contributed by atoms with E-state index in [0.717, 1.165) is 42.4 Å². The second-order valence-corrected chi connectivity index (χ2v) is 6.56. The number of carbonyl (C=O) groups excluding carboxylic acids is 1. The molecular formula is C12H12BrF3OS. The van der Waals surface area contributed by atoms with Crippen molar-refractivity contribution in [2.75, 3.05) is 0 Å². The molecule has 0 bridgehead atoms. The highest BCUT2D eigenvalue weighted by Crippen LogP contribution is 2.46. The van der Waals surface area contributed by atoms with E-state index >= 15 is 0 Å². The van der Waals surface area contributed by atoms with Gasteiger partial charge in [0.05, 0.1) is 14.9 Å². The van der Waals surface area contributed by atoms with Gasteiger partial charge in [-0.15, -0.1) is 11.3 Å². The Balaban J connectivity index is 2.35. The molecule has 0 amide bonds. The van der Waals surface area contributed by atoms with Crippen molar-refractivity contribution in [2.24, 2.45) is 5.41 Å². The Morgan fingerprint density at radius 1 is 1.39 bits per heavy atom. The van der Waals surface area contributed by atoms with Gasteiger partial charge in [-0.3, -0.25) is 4.79 Å². The largest absolute Gasteiger partial charge is 0.418 e. The molecule has 1 heterocycles. The highest BCUT2D eigenvalue weighted by atomic mass is 79.9. The van der Waals surface area contributed by atoms with Crippen LogP contribution in [0.4, 0.5) is 13.2 Å². The molecule has 0 saturated heterocycles. The number of halogens is 4. The van der Waals surface area contributed by atoms with Gasteiger partial charge in [0.15, 0.2) is 5.78 Å². The Morgan fingerprint density at radius 2 is 1.94 bits per heavy atom. The van der Waals surface area contributed by atoms with Gasteiger partial charge in [-0.2, -0.15) is 13.2 Å². The molecule has 1 aromatic heterocycles. The second kappa shape index (κ2) is 4.63. The van der Waals surface area contributed by atoms with Crippen LogP contribution in [-0.4, -0.2) is 5.78 Å². The summed E-state index contributed by atoms with van der Waals surface area (Å²) in [4.78, 5) is 12.5. The topological polar surface area (TPSA) is 17.1 Å². The molecule has 0 aliphatic heterocycles. The van der Waals surface area contributed by atoms with Crippen molar-refractivity contribution in [3.63, 3.8) is 0 Å². The van der Waals surface area contributed by atoms with Crippen LogP contribution in [-0.2, 0) is 6.18 Å². The van der Waals surface area contributed by atoms with Gasteiger partial charge >= 0.3 is 6.18 Å². The van der Waals surface area contributed by atoms with Crippen LogP contribution in [0.15, 0.2) is 9.85 Å². The molecule has 0 radical (unpaired) electrons. The van der Waals surface area contributed by atoms with Crippen LogP contribution < -0.4 is 0 Å². The summed E-state index contributed by atoms with van der Waals surface area (Å²) in [5.74, 6) is -0.160. The molecule has 0 N–H and O–H groups in total. The highest BCUT2D eigenvalue weighted by Gasteiger charge is 2.41. The van der Waals surface area contributed by atoms with Crippen molar-refractivity contribution in [2.45, 2.75) is 38.8 Å². The lowest BCUT2D eigenvalue weighted by Gasteiger charge is -2.21. The summed E-state index contributed by atoms with van der Waals surface area (Å²) in [5, 5.41) is 1.01. The van der Waals surface area contributed by atoms with E-state index in [0.29, 0.717) is 0 Å². The zero-order valence-electron chi connectivity index (χ0n) is 9.73. The maximum atomic E-state index is 12.7. The van der Waals surface area contributed by atoms with Crippen molar-refractivity contribution in [3.05, 3.63) is 20.3 Å². The Bertz CT molecular complexity index is 472. The van der Waals surface area contributed by atoms with E-state index in [1.807, 2.05) is 6.92 Å². The molecule has 0 unspecified atom stereocenters. The van der Waals surface area contributed by atoms with Crippen molar-refractivity contribution in [3.8, 4) is 0 Å². The van der Waals surface area contributed by atoms with Gasteiger partial charge < -0.3 is 0 Å². The average molecular weight is 341 g/mol. The quantitative estimate of drug-likeness (QED) is 0.668. The first-order valence-electron chi connectivity index (χ1n) is 5.65. The van der Waals surface area contributed by atoms with Crippen molar-refractivity contribution < 1.29 is 18.0 Å². The van der Waals surface area contributed by atoms with Crippen LogP contribution in [0.25, 0.3) is 0 Å². The van der Waals surface area contributed by atoms with Crippen LogP contribution in [0.1, 0.15) is 47.8 Å². The number of rotatable bonds is 2. The number of ketones is 1. The Hall–Kier alpha value is -0.360. The summed E-state index contributed by atoms with van der Waals surface area (Å²) < 4.78 is 37.9. The summed E-state index contributed by atoms with van der Waals surface area (Å²) in [5.41, 5.74) is -1.24. The smallest absolute Gasteiger partial charge is 0.293 e. The van der Waals surface area contributed by atoms with Gasteiger partial charge in [0.1, 0.15) is 0 Å². The molecule has 1 aromatic rings. The number of thiophene rings is 1. The lowest BCUT2D eigenvalue weighted by Crippen LogP contribution is -2.24. The molecule has 18 heavy (non-hydrogen) atoms. The van der Waals surface area contributed by atoms with E-state index in [4.69, 9.17) is 0 Å². The third-order valence-electron chi connectivity index (χ3n) is 3.50. The van der Waals surface area contributed by atoms with Crippen LogP contribution in [0.2, 0.25) is 0 Å². The minimum atomic E-state index is -4.41.